The first kappa shape index (κ1) is 9.54. The summed E-state index contributed by atoms with van der Waals surface area (Å²) in [7, 11) is 0. The van der Waals surface area contributed by atoms with Gasteiger partial charge in [0, 0.05) is 0 Å². The molecule has 1 aliphatic heterocycles. The number of nitrogens with one attached hydrogen (secondary N) is 2. The summed E-state index contributed by atoms with van der Waals surface area (Å²) >= 11 is 0. The number of halogens is 1. The van der Waals surface area contributed by atoms with Crippen LogP contribution in [0.2, 0.25) is 0 Å². The summed E-state index contributed by atoms with van der Waals surface area (Å²) in [6.45, 7) is 0. The summed E-state index contributed by atoms with van der Waals surface area (Å²) in [5, 5.41) is 9.53. The summed E-state index contributed by atoms with van der Waals surface area (Å²) in [5.41, 5.74) is 11.9. The summed E-state index contributed by atoms with van der Waals surface area (Å²) in [4.78, 5) is 0. The first-order chi connectivity index (χ1) is 6.68. The topological polar surface area (TPSA) is 70.3 Å². The van der Waals surface area contributed by atoms with Gasteiger partial charge in [0.15, 0.2) is 0 Å². The van der Waals surface area contributed by atoms with E-state index >= 15 is 0 Å². The lowest BCUT2D eigenvalue weighted by molar-refractivity contribution is 0.135. The summed E-state index contributed by atoms with van der Waals surface area (Å²) < 4.78 is 12.6. The molecule has 3 atom stereocenters. The van der Waals surface area contributed by atoms with Crippen LogP contribution < -0.4 is 16.6 Å². The minimum atomic E-state index is -0.740. The van der Waals surface area contributed by atoms with Crippen molar-refractivity contribution in [1.82, 2.24) is 10.9 Å². The molecule has 1 fully saturated rings. The fourth-order valence-corrected chi connectivity index (χ4v) is 1.63. The quantitative estimate of drug-likeness (QED) is 0.495. The standard InChI is InChI=1S/C9H12FN3O/c10-6-3-1-5(2-4-6)7-8(11)12-13-9(7)14/h1-4,7-9,12-14H,11H2. The average molecular weight is 197 g/mol. The third kappa shape index (κ3) is 1.62. The van der Waals surface area contributed by atoms with Gasteiger partial charge in [0.25, 0.3) is 0 Å². The maximum Gasteiger partial charge on any atom is 0.126 e. The first-order valence-corrected chi connectivity index (χ1v) is 4.38. The number of hydrogen-bond donors (Lipinski definition) is 4. The van der Waals surface area contributed by atoms with Crippen LogP contribution in [-0.4, -0.2) is 17.5 Å². The number of hydrazine groups is 1. The Bertz CT molecular complexity index is 306. The van der Waals surface area contributed by atoms with Gasteiger partial charge in [-0.25, -0.2) is 15.2 Å². The smallest absolute Gasteiger partial charge is 0.126 e. The van der Waals surface area contributed by atoms with Gasteiger partial charge < -0.3 is 10.8 Å². The van der Waals surface area contributed by atoms with E-state index in [0.29, 0.717) is 0 Å². The predicted molar refractivity (Wildman–Crippen MR) is 49.4 cm³/mol. The normalized spacial score (nSPS) is 32.1. The minimum Gasteiger partial charge on any atom is -0.377 e. The second-order valence-electron chi connectivity index (χ2n) is 3.34. The zero-order valence-corrected chi connectivity index (χ0v) is 7.44. The summed E-state index contributed by atoms with van der Waals surface area (Å²) in [5.74, 6) is -0.550. The third-order valence-electron chi connectivity index (χ3n) is 2.38. The van der Waals surface area contributed by atoms with Crippen LogP contribution in [0, 0.1) is 5.82 Å². The van der Waals surface area contributed by atoms with Crippen molar-refractivity contribution in [3.63, 3.8) is 0 Å². The van der Waals surface area contributed by atoms with Gasteiger partial charge in [0.05, 0.1) is 12.1 Å². The molecule has 0 bridgehead atoms. The SMILES string of the molecule is NC1NNC(O)C1c1ccc(F)cc1. The lowest BCUT2D eigenvalue weighted by Gasteiger charge is -2.16. The van der Waals surface area contributed by atoms with Gasteiger partial charge in [-0.3, -0.25) is 0 Å². The molecule has 4 nitrogen and oxygen atoms in total. The fourth-order valence-electron chi connectivity index (χ4n) is 1.63. The van der Waals surface area contributed by atoms with E-state index < -0.39 is 6.23 Å². The summed E-state index contributed by atoms with van der Waals surface area (Å²) in [6.07, 6.45) is -1.11. The predicted octanol–water partition coefficient (Wildman–Crippen LogP) is -0.380. The van der Waals surface area contributed by atoms with E-state index in [4.69, 9.17) is 5.73 Å². The molecule has 1 heterocycles. The molecule has 5 heteroatoms. The Morgan fingerprint density at radius 3 is 2.36 bits per heavy atom. The van der Waals surface area contributed by atoms with Gasteiger partial charge in [-0.1, -0.05) is 12.1 Å². The highest BCUT2D eigenvalue weighted by Crippen LogP contribution is 2.23. The molecule has 76 valence electrons. The van der Waals surface area contributed by atoms with E-state index in [0.717, 1.165) is 5.56 Å². The minimum absolute atomic E-state index is 0.254. The largest absolute Gasteiger partial charge is 0.377 e. The Labute approximate surface area is 80.9 Å². The molecule has 0 radical (unpaired) electrons. The molecule has 1 aromatic rings. The van der Waals surface area contributed by atoms with Crippen LogP contribution in [0.5, 0.6) is 0 Å². The highest BCUT2D eigenvalue weighted by Gasteiger charge is 2.33. The molecule has 2 rings (SSSR count). The van der Waals surface area contributed by atoms with Crippen molar-refractivity contribution in [2.75, 3.05) is 0 Å². The van der Waals surface area contributed by atoms with Gasteiger partial charge in [-0.05, 0) is 17.7 Å². The van der Waals surface area contributed by atoms with E-state index in [9.17, 15) is 9.50 Å². The second kappa shape index (κ2) is 3.62. The highest BCUT2D eigenvalue weighted by molar-refractivity contribution is 5.23. The first-order valence-electron chi connectivity index (χ1n) is 4.38. The van der Waals surface area contributed by atoms with Crippen molar-refractivity contribution in [1.29, 1.82) is 0 Å². The Hall–Kier alpha value is -1.01. The van der Waals surface area contributed by atoms with Crippen molar-refractivity contribution < 1.29 is 9.50 Å². The monoisotopic (exact) mass is 197 g/mol. The second-order valence-corrected chi connectivity index (χ2v) is 3.34. The molecule has 0 aromatic heterocycles. The fraction of sp³-hybridized carbons (Fsp3) is 0.333. The van der Waals surface area contributed by atoms with Crippen molar-refractivity contribution in [3.05, 3.63) is 35.6 Å². The Balaban J connectivity index is 2.25. The van der Waals surface area contributed by atoms with Gasteiger partial charge in [0.2, 0.25) is 0 Å². The van der Waals surface area contributed by atoms with Gasteiger partial charge >= 0.3 is 0 Å². The number of aliphatic hydroxyl groups is 1. The zero-order valence-electron chi connectivity index (χ0n) is 7.44. The number of rotatable bonds is 1. The molecule has 3 unspecified atom stereocenters. The van der Waals surface area contributed by atoms with Gasteiger partial charge in [-0.2, -0.15) is 0 Å². The van der Waals surface area contributed by atoms with Crippen LogP contribution in [-0.2, 0) is 0 Å². The van der Waals surface area contributed by atoms with Crippen molar-refractivity contribution in [3.8, 4) is 0 Å². The zero-order chi connectivity index (χ0) is 10.1. The maximum atomic E-state index is 12.6. The molecule has 14 heavy (non-hydrogen) atoms. The molecular weight excluding hydrogens is 185 g/mol. The van der Waals surface area contributed by atoms with Crippen molar-refractivity contribution >= 4 is 0 Å². The van der Waals surface area contributed by atoms with E-state index in [1.807, 2.05) is 0 Å². The van der Waals surface area contributed by atoms with Crippen LogP contribution in [0.15, 0.2) is 24.3 Å². The molecule has 0 spiro atoms. The molecular formula is C9H12FN3O. The van der Waals surface area contributed by atoms with Crippen molar-refractivity contribution in [2.24, 2.45) is 5.73 Å². The van der Waals surface area contributed by atoms with Crippen LogP contribution in [0.3, 0.4) is 0 Å². The third-order valence-corrected chi connectivity index (χ3v) is 2.38. The summed E-state index contributed by atoms with van der Waals surface area (Å²) in [6, 6.07) is 5.95. The molecule has 1 saturated heterocycles. The number of benzene rings is 1. The Morgan fingerprint density at radius 1 is 1.21 bits per heavy atom. The van der Waals surface area contributed by atoms with Crippen LogP contribution in [0.25, 0.3) is 0 Å². The molecule has 5 N–H and O–H groups in total. The van der Waals surface area contributed by atoms with Crippen LogP contribution >= 0.6 is 0 Å². The van der Waals surface area contributed by atoms with E-state index in [2.05, 4.69) is 10.9 Å². The molecule has 1 aliphatic rings. The molecule has 0 amide bonds. The van der Waals surface area contributed by atoms with E-state index in [1.54, 1.807) is 12.1 Å². The number of aliphatic hydroxyl groups excluding tert-OH is 1. The van der Waals surface area contributed by atoms with Crippen LogP contribution in [0.4, 0.5) is 4.39 Å². The maximum absolute atomic E-state index is 12.6. The van der Waals surface area contributed by atoms with Crippen LogP contribution in [0.1, 0.15) is 11.5 Å². The van der Waals surface area contributed by atoms with E-state index in [1.165, 1.54) is 12.1 Å². The number of hydrogen-bond acceptors (Lipinski definition) is 4. The average Bonchev–Trinajstić information content (AvgIpc) is 2.49. The number of nitrogens with two attached hydrogens (primary N) is 1. The molecule has 0 saturated carbocycles. The highest BCUT2D eigenvalue weighted by atomic mass is 19.1. The van der Waals surface area contributed by atoms with E-state index in [-0.39, 0.29) is 17.9 Å². The lowest BCUT2D eigenvalue weighted by atomic mass is 9.96. The van der Waals surface area contributed by atoms with Crippen molar-refractivity contribution in [2.45, 2.75) is 18.3 Å². The molecule has 0 aliphatic carbocycles. The Morgan fingerprint density at radius 2 is 1.86 bits per heavy atom. The van der Waals surface area contributed by atoms with Gasteiger partial charge in [-0.15, -0.1) is 0 Å². The Kier molecular flexibility index (Phi) is 2.47. The lowest BCUT2D eigenvalue weighted by Crippen LogP contribution is -2.38. The molecule has 1 aromatic carbocycles. The van der Waals surface area contributed by atoms with Gasteiger partial charge in [0.1, 0.15) is 12.0 Å².